The summed E-state index contributed by atoms with van der Waals surface area (Å²) < 4.78 is 0. The minimum absolute atomic E-state index is 0.0427. The van der Waals surface area contributed by atoms with Crippen LogP contribution in [0.25, 0.3) is 21.8 Å². The molecule has 12 amide bonds. The SMILES string of the molecule is CCC(C)[C@H](NC(=O)CNC(=O)[C@H](C)NC(=O)[C@H](Cc1c[nH]c2ccccc12)NC(=O)[C@H](Cc1c[nH]c2ccccc12)NC(=O)[C@H](C)NC(=O)[C@H](C)N)C(=O)N[C@@H](CCCCN)C(=O)N[C@@H](CCC(N)=O)C(=O)N[C@@H](CCC(=O)O)C(=O)N[C@@H](Cc1ccccc1)C(N)=O. The third-order valence-electron chi connectivity index (χ3n) is 15.7. The summed E-state index contributed by atoms with van der Waals surface area (Å²) >= 11 is 0. The summed E-state index contributed by atoms with van der Waals surface area (Å²) in [4.78, 5) is 181. The van der Waals surface area contributed by atoms with Gasteiger partial charge in [0.2, 0.25) is 70.9 Å². The van der Waals surface area contributed by atoms with Crippen molar-refractivity contribution in [3.8, 4) is 0 Å². The number of unbranched alkanes of at least 4 members (excludes halogenated alkanes) is 1. The number of aromatic nitrogens is 2. The Labute approximate surface area is 542 Å². The molecular weight excluding hydrogens is 1220 g/mol. The van der Waals surface area contributed by atoms with Crippen LogP contribution in [-0.4, -0.2) is 165 Å². The fourth-order valence-corrected chi connectivity index (χ4v) is 10.1. The Kier molecular flexibility index (Phi) is 29.1. The first-order valence-electron chi connectivity index (χ1n) is 31.1. The van der Waals surface area contributed by atoms with Crippen molar-refractivity contribution in [1.29, 1.82) is 0 Å². The second kappa shape index (κ2) is 36.7. The molecule has 21 N–H and O–H groups in total. The van der Waals surface area contributed by atoms with E-state index >= 15 is 0 Å². The molecule has 0 aliphatic rings. The molecule has 0 aliphatic heterocycles. The van der Waals surface area contributed by atoms with Crippen molar-refractivity contribution in [2.24, 2.45) is 28.9 Å². The summed E-state index contributed by atoms with van der Waals surface area (Å²) in [5.41, 5.74) is 25.9. The Hall–Kier alpha value is -10.2. The van der Waals surface area contributed by atoms with Crippen LogP contribution in [0.15, 0.2) is 91.3 Å². The van der Waals surface area contributed by atoms with E-state index < -0.39 is 175 Å². The van der Waals surface area contributed by atoms with Gasteiger partial charge in [-0.2, -0.15) is 0 Å². The van der Waals surface area contributed by atoms with Gasteiger partial charge in [0.25, 0.3) is 0 Å². The molecule has 5 aromatic rings. The van der Waals surface area contributed by atoms with Crippen LogP contribution in [0.2, 0.25) is 0 Å². The fourth-order valence-electron chi connectivity index (χ4n) is 10.1. The van der Waals surface area contributed by atoms with E-state index in [1.807, 2.05) is 42.5 Å². The van der Waals surface area contributed by atoms with Crippen LogP contribution in [0.5, 0.6) is 0 Å². The van der Waals surface area contributed by atoms with Crippen LogP contribution in [-0.2, 0) is 81.6 Å². The number of nitrogens with one attached hydrogen (secondary N) is 12. The van der Waals surface area contributed by atoms with E-state index in [0.717, 1.165) is 21.8 Å². The van der Waals surface area contributed by atoms with Crippen molar-refractivity contribution in [2.75, 3.05) is 13.1 Å². The minimum atomic E-state index is -1.61. The number of benzene rings is 3. The number of carboxylic acid groups (broad SMARTS) is 1. The van der Waals surface area contributed by atoms with Crippen molar-refractivity contribution in [3.63, 3.8) is 0 Å². The summed E-state index contributed by atoms with van der Waals surface area (Å²) in [5, 5.41) is 36.7. The van der Waals surface area contributed by atoms with E-state index in [9.17, 15) is 67.4 Å². The number of amides is 12. The third-order valence-corrected chi connectivity index (χ3v) is 15.7. The van der Waals surface area contributed by atoms with E-state index in [4.69, 9.17) is 22.9 Å². The molecule has 0 radical (unpaired) electrons. The van der Waals surface area contributed by atoms with E-state index in [1.54, 1.807) is 62.6 Å². The molecule has 0 aliphatic carbocycles. The van der Waals surface area contributed by atoms with Crippen LogP contribution in [0.3, 0.4) is 0 Å². The van der Waals surface area contributed by atoms with Gasteiger partial charge in [0.05, 0.1) is 12.6 Å². The van der Waals surface area contributed by atoms with Crippen LogP contribution in [0.1, 0.15) is 103 Å². The number of hydrogen-bond acceptors (Lipinski definition) is 15. The van der Waals surface area contributed by atoms with Gasteiger partial charge in [-0.25, -0.2) is 0 Å². The Morgan fingerprint density at radius 2 is 0.926 bits per heavy atom. The quantitative estimate of drug-likeness (QED) is 0.0196. The fraction of sp³-hybridized carbons (Fsp3) is 0.453. The average Bonchev–Trinajstić information content (AvgIpc) is 1.67. The maximum absolute atomic E-state index is 14.6. The van der Waals surface area contributed by atoms with Gasteiger partial charge in [-0.1, -0.05) is 87.0 Å². The van der Waals surface area contributed by atoms with Crippen molar-refractivity contribution >= 4 is 98.7 Å². The van der Waals surface area contributed by atoms with Crippen molar-refractivity contribution in [3.05, 3.63) is 108 Å². The smallest absolute Gasteiger partial charge is 0.303 e. The number of para-hydroxylation sites is 2. The molecule has 0 bridgehead atoms. The van der Waals surface area contributed by atoms with Crippen molar-refractivity contribution < 1.29 is 67.4 Å². The molecule has 0 saturated carbocycles. The molecule has 30 nitrogen and oxygen atoms in total. The summed E-state index contributed by atoms with van der Waals surface area (Å²) in [6.07, 6.45) is 2.08. The third kappa shape index (κ3) is 23.2. The van der Waals surface area contributed by atoms with Gasteiger partial charge < -0.3 is 91.2 Å². The van der Waals surface area contributed by atoms with Crippen LogP contribution in [0, 0.1) is 5.92 Å². The molecule has 11 atom stereocenters. The van der Waals surface area contributed by atoms with Crippen LogP contribution < -0.4 is 76.1 Å². The zero-order chi connectivity index (χ0) is 69.2. The molecular formula is C64H88N16O14. The number of rotatable bonds is 39. The molecule has 0 saturated heterocycles. The van der Waals surface area contributed by atoms with E-state index in [0.29, 0.717) is 29.5 Å². The Morgan fingerprint density at radius 1 is 0.479 bits per heavy atom. The lowest BCUT2D eigenvalue weighted by Crippen LogP contribution is -2.60. The highest BCUT2D eigenvalue weighted by Gasteiger charge is 2.36. The standard InChI is InChI=1S/C64H88N16O14/c1-6-34(2)54(64(94)76-45(22-14-15-27-65)59(89)74-46(23-25-51(67)81)60(90)75-47(24-26-53(83)84)61(91)77-48(55(68)85)28-38-16-8-7-9-17-38)80-52(82)33-71-57(87)36(4)73-62(92)49(29-39-31-69-43-20-12-10-18-41(39)43)79-63(93)50(78-58(88)37(5)72-56(86)35(3)66)30-40-32-70-44-21-13-11-19-42(40)44/h7-13,16-21,31-32,34-37,45-50,54,69-70H,6,14-15,22-30,33,65-66H2,1-5H3,(H2,67,81)(H2,68,85)(H,71,87)(H,72,86)(H,73,92)(H,74,89)(H,75,90)(H,76,94)(H,77,91)(H,78,88)(H,79,93)(H,80,82)(H,83,84)/t34?,35-,36-,37-,45-,46-,47-,48-,49-,50-,54-/m0/s1. The number of H-pyrrole nitrogens is 2. The van der Waals surface area contributed by atoms with E-state index in [-0.39, 0.29) is 38.6 Å². The summed E-state index contributed by atoms with van der Waals surface area (Å²) in [6.45, 7) is 7.07. The molecule has 2 aromatic heterocycles. The van der Waals surface area contributed by atoms with Crippen molar-refractivity contribution in [2.45, 2.75) is 166 Å². The second-order valence-electron chi connectivity index (χ2n) is 23.2. The summed E-state index contributed by atoms with van der Waals surface area (Å²) in [7, 11) is 0. The molecule has 1 unspecified atom stereocenters. The lowest BCUT2D eigenvalue weighted by atomic mass is 9.97. The first-order valence-corrected chi connectivity index (χ1v) is 31.1. The zero-order valence-corrected chi connectivity index (χ0v) is 53.3. The molecule has 94 heavy (non-hydrogen) atoms. The molecule has 30 heteroatoms. The van der Waals surface area contributed by atoms with Gasteiger partial charge in [0, 0.05) is 66.3 Å². The number of fused-ring (bicyclic) bond motifs is 2. The number of aromatic amines is 2. The van der Waals surface area contributed by atoms with E-state index in [2.05, 4.69) is 63.1 Å². The van der Waals surface area contributed by atoms with Crippen LogP contribution in [0.4, 0.5) is 0 Å². The van der Waals surface area contributed by atoms with E-state index in [1.165, 1.54) is 20.8 Å². The molecule has 2 heterocycles. The number of carboxylic acids is 1. The Bertz CT molecular complexity index is 3480. The summed E-state index contributed by atoms with van der Waals surface area (Å²) in [6, 6.07) is 9.71. The highest BCUT2D eigenvalue weighted by atomic mass is 16.4. The maximum atomic E-state index is 14.6. The van der Waals surface area contributed by atoms with Gasteiger partial charge in [0.1, 0.15) is 54.4 Å². The topological polar surface area (TPSA) is 498 Å². The minimum Gasteiger partial charge on any atom is -0.481 e. The largest absolute Gasteiger partial charge is 0.481 e. The number of nitrogens with two attached hydrogens (primary N) is 4. The Balaban J connectivity index is 1.29. The number of hydrogen-bond donors (Lipinski definition) is 17. The monoisotopic (exact) mass is 1300 g/mol. The zero-order valence-electron chi connectivity index (χ0n) is 53.3. The van der Waals surface area contributed by atoms with Gasteiger partial charge in [0.15, 0.2) is 0 Å². The second-order valence-corrected chi connectivity index (χ2v) is 23.2. The van der Waals surface area contributed by atoms with Crippen LogP contribution >= 0.6 is 0 Å². The first kappa shape index (κ1) is 74.5. The average molecular weight is 1310 g/mol. The molecule has 3 aromatic carbocycles. The lowest BCUT2D eigenvalue weighted by molar-refractivity contribution is -0.138. The predicted molar refractivity (Wildman–Crippen MR) is 346 cm³/mol. The number of carbonyl (C=O) groups is 13. The highest BCUT2D eigenvalue weighted by Crippen LogP contribution is 2.22. The number of primary amides is 2. The normalized spacial score (nSPS) is 14.7. The van der Waals surface area contributed by atoms with Gasteiger partial charge in [-0.3, -0.25) is 62.3 Å². The predicted octanol–water partition coefficient (Wildman–Crippen LogP) is -1.67. The number of aliphatic carboxylic acids is 1. The van der Waals surface area contributed by atoms with Gasteiger partial charge in [-0.05, 0) is 94.2 Å². The molecule has 0 fully saturated rings. The molecule has 5 rings (SSSR count). The summed E-state index contributed by atoms with van der Waals surface area (Å²) in [5.74, 6) is -12.2. The van der Waals surface area contributed by atoms with Gasteiger partial charge >= 0.3 is 5.97 Å². The molecule has 508 valence electrons. The lowest BCUT2D eigenvalue weighted by Gasteiger charge is -2.28. The Morgan fingerprint density at radius 3 is 1.44 bits per heavy atom. The molecule has 0 spiro atoms. The van der Waals surface area contributed by atoms with Gasteiger partial charge in [-0.15, -0.1) is 0 Å². The first-order chi connectivity index (χ1) is 44.7. The number of carbonyl (C=O) groups excluding carboxylic acids is 12. The highest BCUT2D eigenvalue weighted by molar-refractivity contribution is 5.99. The maximum Gasteiger partial charge on any atom is 0.303 e. The van der Waals surface area contributed by atoms with Crippen molar-refractivity contribution in [1.82, 2.24) is 63.1 Å².